The Hall–Kier alpha value is -3.14. The normalized spacial score (nSPS) is 11.6. The summed E-state index contributed by atoms with van der Waals surface area (Å²) in [5.41, 5.74) is 2.18. The largest absolute Gasteiger partial charge is 0.496 e. The van der Waals surface area contributed by atoms with Crippen molar-refractivity contribution in [3.8, 4) is 5.75 Å². The highest BCUT2D eigenvalue weighted by Crippen LogP contribution is 2.24. The molecular formula is C20H24N4O5S. The number of carbonyl (C=O) groups excluding carboxylic acids is 1. The van der Waals surface area contributed by atoms with Gasteiger partial charge in [0, 0.05) is 35.8 Å². The van der Waals surface area contributed by atoms with Gasteiger partial charge in [-0.3, -0.25) is 9.59 Å². The summed E-state index contributed by atoms with van der Waals surface area (Å²) in [5, 5.41) is 3.39. The third kappa shape index (κ3) is 4.38. The van der Waals surface area contributed by atoms with E-state index in [2.05, 4.69) is 15.3 Å². The maximum absolute atomic E-state index is 13.0. The summed E-state index contributed by atoms with van der Waals surface area (Å²) in [7, 11) is -1.72. The molecule has 160 valence electrons. The van der Waals surface area contributed by atoms with Gasteiger partial charge in [0.25, 0.3) is 11.5 Å². The van der Waals surface area contributed by atoms with Gasteiger partial charge in [-0.25, -0.2) is 13.4 Å². The number of hydrogen-bond donors (Lipinski definition) is 2. The van der Waals surface area contributed by atoms with Crippen molar-refractivity contribution < 1.29 is 17.9 Å². The number of aryl methyl sites for hydroxylation is 2. The zero-order valence-electron chi connectivity index (χ0n) is 17.3. The van der Waals surface area contributed by atoms with Crippen molar-refractivity contribution in [2.75, 3.05) is 19.1 Å². The lowest BCUT2D eigenvalue weighted by atomic mass is 10.1. The van der Waals surface area contributed by atoms with Gasteiger partial charge in [0.1, 0.15) is 21.2 Å². The number of aromatic nitrogens is 3. The number of nitrogens with one attached hydrogen (secondary N) is 2. The summed E-state index contributed by atoms with van der Waals surface area (Å²) in [6.07, 6.45) is 2.76. The molecule has 0 aliphatic heterocycles. The average Bonchev–Trinajstić information content (AvgIpc) is 2.95. The van der Waals surface area contributed by atoms with E-state index in [0.29, 0.717) is 39.3 Å². The number of aromatic amines is 1. The molecule has 0 unspecified atom stereocenters. The highest BCUT2D eigenvalue weighted by Gasteiger charge is 2.22. The van der Waals surface area contributed by atoms with Crippen molar-refractivity contribution in [2.45, 2.75) is 26.9 Å². The molecule has 2 N–H and O–H groups in total. The maximum Gasteiger partial charge on any atom is 0.256 e. The maximum atomic E-state index is 13.0. The SMILES string of the molecule is COc1cc(C)[nH]c(=O)c1CNC(=O)c1c(C)n(CCS(C)(=O)=O)c2ncccc12. The number of sulfone groups is 1. The Morgan fingerprint density at radius 1 is 1.33 bits per heavy atom. The van der Waals surface area contributed by atoms with E-state index in [1.807, 2.05) is 0 Å². The minimum atomic E-state index is -3.18. The molecule has 3 rings (SSSR count). The second kappa shape index (κ2) is 8.31. The molecule has 1 amide bonds. The van der Waals surface area contributed by atoms with Gasteiger partial charge in [-0.05, 0) is 32.0 Å². The van der Waals surface area contributed by atoms with Crippen LogP contribution in [-0.2, 0) is 22.9 Å². The Bertz CT molecular complexity index is 1270. The first-order valence-corrected chi connectivity index (χ1v) is 11.3. The van der Waals surface area contributed by atoms with E-state index < -0.39 is 9.84 Å². The molecule has 0 saturated carbocycles. The van der Waals surface area contributed by atoms with E-state index in [1.165, 1.54) is 13.4 Å². The molecule has 3 aromatic rings. The van der Waals surface area contributed by atoms with Gasteiger partial charge in [0.05, 0.1) is 30.5 Å². The summed E-state index contributed by atoms with van der Waals surface area (Å²) < 4.78 is 30.2. The van der Waals surface area contributed by atoms with Crippen LogP contribution in [0.4, 0.5) is 0 Å². The molecule has 0 radical (unpaired) electrons. The number of fused-ring (bicyclic) bond motifs is 1. The van der Waals surface area contributed by atoms with Crippen LogP contribution in [0, 0.1) is 13.8 Å². The molecule has 9 nitrogen and oxygen atoms in total. The lowest BCUT2D eigenvalue weighted by Crippen LogP contribution is -2.28. The van der Waals surface area contributed by atoms with Crippen LogP contribution < -0.4 is 15.6 Å². The first-order valence-electron chi connectivity index (χ1n) is 9.29. The van der Waals surface area contributed by atoms with Crippen LogP contribution >= 0.6 is 0 Å². The third-order valence-electron chi connectivity index (χ3n) is 4.87. The smallest absolute Gasteiger partial charge is 0.256 e. The van der Waals surface area contributed by atoms with E-state index in [-0.39, 0.29) is 30.3 Å². The molecule has 0 aliphatic rings. The van der Waals surface area contributed by atoms with Crippen molar-refractivity contribution in [3.05, 3.63) is 57.3 Å². The van der Waals surface area contributed by atoms with E-state index >= 15 is 0 Å². The van der Waals surface area contributed by atoms with E-state index in [0.717, 1.165) is 0 Å². The lowest BCUT2D eigenvalue weighted by Gasteiger charge is -2.10. The minimum Gasteiger partial charge on any atom is -0.496 e. The lowest BCUT2D eigenvalue weighted by molar-refractivity contribution is 0.0951. The predicted molar refractivity (Wildman–Crippen MR) is 114 cm³/mol. The minimum absolute atomic E-state index is 0.0205. The van der Waals surface area contributed by atoms with Crippen molar-refractivity contribution in [1.29, 1.82) is 0 Å². The number of amides is 1. The molecule has 10 heteroatoms. The second-order valence-corrected chi connectivity index (χ2v) is 9.39. The quantitative estimate of drug-likeness (QED) is 0.581. The number of methoxy groups -OCH3 is 1. The van der Waals surface area contributed by atoms with Crippen molar-refractivity contribution in [2.24, 2.45) is 0 Å². The molecule has 0 spiro atoms. The molecule has 3 aromatic heterocycles. The Morgan fingerprint density at radius 2 is 2.07 bits per heavy atom. The number of H-pyrrole nitrogens is 1. The van der Waals surface area contributed by atoms with Crippen molar-refractivity contribution in [3.63, 3.8) is 0 Å². The van der Waals surface area contributed by atoms with Gasteiger partial charge in [-0.2, -0.15) is 0 Å². The number of hydrogen-bond acceptors (Lipinski definition) is 6. The first-order chi connectivity index (χ1) is 14.1. The van der Waals surface area contributed by atoms with E-state index in [9.17, 15) is 18.0 Å². The summed E-state index contributed by atoms with van der Waals surface area (Å²) in [5.74, 6) is -0.0540. The standard InChI is InChI=1S/C20H24N4O5S/c1-12-10-16(29-3)15(19(25)23-12)11-22-20(26)17-13(2)24(8-9-30(4,27)28)18-14(17)6-5-7-21-18/h5-7,10H,8-9,11H2,1-4H3,(H,22,26)(H,23,25). The molecule has 30 heavy (non-hydrogen) atoms. The topological polar surface area (TPSA) is 123 Å². The number of rotatable bonds is 7. The molecule has 0 saturated heterocycles. The van der Waals surface area contributed by atoms with Gasteiger partial charge in [0.2, 0.25) is 0 Å². The fraction of sp³-hybridized carbons (Fsp3) is 0.350. The Balaban J connectivity index is 1.95. The fourth-order valence-corrected chi connectivity index (χ4v) is 3.92. The Kier molecular flexibility index (Phi) is 5.97. The number of pyridine rings is 2. The molecule has 0 atom stereocenters. The number of carbonyl (C=O) groups is 1. The molecule has 0 aliphatic carbocycles. The second-order valence-electron chi connectivity index (χ2n) is 7.13. The van der Waals surface area contributed by atoms with Crippen molar-refractivity contribution in [1.82, 2.24) is 19.9 Å². The van der Waals surface area contributed by atoms with Crippen LogP contribution in [0.5, 0.6) is 5.75 Å². The van der Waals surface area contributed by atoms with Crippen LogP contribution in [0.25, 0.3) is 11.0 Å². The monoisotopic (exact) mass is 432 g/mol. The van der Waals surface area contributed by atoms with Crippen LogP contribution in [0.2, 0.25) is 0 Å². The highest BCUT2D eigenvalue weighted by molar-refractivity contribution is 7.90. The summed E-state index contributed by atoms with van der Waals surface area (Å²) in [6.45, 7) is 3.66. The molecule has 0 bridgehead atoms. The van der Waals surface area contributed by atoms with Gasteiger partial charge in [0.15, 0.2) is 0 Å². The van der Waals surface area contributed by atoms with Crippen LogP contribution in [0.15, 0.2) is 29.2 Å². The van der Waals surface area contributed by atoms with Crippen molar-refractivity contribution >= 4 is 26.8 Å². The predicted octanol–water partition coefficient (Wildman–Crippen LogP) is 1.32. The van der Waals surface area contributed by atoms with Crippen LogP contribution in [-0.4, -0.2) is 48.0 Å². The van der Waals surface area contributed by atoms with Gasteiger partial charge < -0.3 is 19.6 Å². The summed E-state index contributed by atoms with van der Waals surface area (Å²) >= 11 is 0. The average molecular weight is 433 g/mol. The zero-order chi connectivity index (χ0) is 22.1. The summed E-state index contributed by atoms with van der Waals surface area (Å²) in [4.78, 5) is 32.3. The van der Waals surface area contributed by atoms with E-state index in [1.54, 1.807) is 42.8 Å². The number of ether oxygens (including phenoxy) is 1. The molecule has 0 fully saturated rings. The third-order valence-corrected chi connectivity index (χ3v) is 5.79. The Labute approximate surface area is 174 Å². The number of nitrogens with zero attached hydrogens (tertiary/aromatic N) is 2. The molecule has 0 aromatic carbocycles. The van der Waals surface area contributed by atoms with Gasteiger partial charge >= 0.3 is 0 Å². The zero-order valence-corrected chi connectivity index (χ0v) is 18.1. The van der Waals surface area contributed by atoms with Gasteiger partial charge in [-0.15, -0.1) is 0 Å². The van der Waals surface area contributed by atoms with Crippen LogP contribution in [0.3, 0.4) is 0 Å². The molecule has 3 heterocycles. The van der Waals surface area contributed by atoms with Gasteiger partial charge in [-0.1, -0.05) is 0 Å². The van der Waals surface area contributed by atoms with E-state index in [4.69, 9.17) is 4.74 Å². The first kappa shape index (κ1) is 21.6. The molecular weight excluding hydrogens is 408 g/mol. The van der Waals surface area contributed by atoms with Crippen LogP contribution in [0.1, 0.15) is 27.3 Å². The summed E-state index contributed by atoms with van der Waals surface area (Å²) in [6, 6.07) is 5.17. The fourth-order valence-electron chi connectivity index (χ4n) is 3.41. The Morgan fingerprint density at radius 3 is 2.73 bits per heavy atom. The highest BCUT2D eigenvalue weighted by atomic mass is 32.2.